The van der Waals surface area contributed by atoms with Gasteiger partial charge in [-0.15, -0.1) is 0 Å². The smallest absolute Gasteiger partial charge is 0.367 e. The van der Waals surface area contributed by atoms with E-state index in [4.69, 9.17) is 14.6 Å². The van der Waals surface area contributed by atoms with E-state index < -0.39 is 0 Å². The van der Waals surface area contributed by atoms with Crippen molar-refractivity contribution in [3.63, 3.8) is 0 Å². The lowest BCUT2D eigenvalue weighted by Crippen LogP contribution is -2.58. The Balaban J connectivity index is 0.970. The van der Waals surface area contributed by atoms with Crippen molar-refractivity contribution in [2.75, 3.05) is 53.4 Å². The first kappa shape index (κ1) is 37.2. The number of ether oxygens (including phenoxy) is 2. The van der Waals surface area contributed by atoms with E-state index >= 15 is 0 Å². The highest BCUT2D eigenvalue weighted by Gasteiger charge is 2.43. The Morgan fingerprint density at radius 3 is 2.28 bits per heavy atom. The Kier molecular flexibility index (Phi) is 12.2. The lowest BCUT2D eigenvalue weighted by atomic mass is 9.81. The average Bonchev–Trinajstić information content (AvgIpc) is 3.86. The van der Waals surface area contributed by atoms with Crippen molar-refractivity contribution in [1.29, 1.82) is 0 Å². The van der Waals surface area contributed by atoms with Crippen molar-refractivity contribution in [2.24, 2.45) is 11.8 Å². The third-order valence-corrected chi connectivity index (χ3v) is 12.6. The molecule has 3 aliphatic rings. The maximum Gasteiger partial charge on any atom is 0.367 e. The fourth-order valence-corrected chi connectivity index (χ4v) is 9.32. The predicted molar refractivity (Wildman–Crippen MR) is 208 cm³/mol. The van der Waals surface area contributed by atoms with Crippen LogP contribution in [0, 0.1) is 11.8 Å². The number of hydrogen-bond acceptors (Lipinski definition) is 8. The van der Waals surface area contributed by atoms with Gasteiger partial charge in [-0.05, 0) is 65.6 Å². The molecule has 1 saturated carbocycles. The van der Waals surface area contributed by atoms with E-state index in [9.17, 15) is 4.79 Å². The minimum Gasteiger partial charge on any atom is -0.497 e. The highest BCUT2D eigenvalue weighted by Crippen LogP contribution is 2.40. The third-order valence-electron chi connectivity index (χ3n) is 12.6. The lowest BCUT2D eigenvalue weighted by molar-refractivity contribution is -0.147. The molecule has 2 unspecified atom stereocenters. The summed E-state index contributed by atoms with van der Waals surface area (Å²) in [6.07, 6.45) is 7.41. The van der Waals surface area contributed by atoms with Crippen LogP contribution in [0.15, 0.2) is 84.9 Å². The summed E-state index contributed by atoms with van der Waals surface area (Å²) in [5.74, 6) is 2.91. The number of quaternary nitrogens is 1. The lowest BCUT2D eigenvalue weighted by Gasteiger charge is -2.42. The number of benzene rings is 3. The standard InChI is InChI=1S/C43H58N7O3/c1-4-50(2,43-44-46-49(45-43)28-33-13-7-5-8-14-33)38-23-25-47(26-24-38)29-37-30-48(31-40(37)35-15-9-6-10-16-35)41-18-12-11-17-36(41)27-42(51)53-32-34-19-21-39(52-3)22-20-34/h5-10,13-16,19-22,36-38,40-41H,4,11-12,17-18,23-32H2,1-3H3/q+1/t36?,37-,40+,41+,50?/m0/s1. The summed E-state index contributed by atoms with van der Waals surface area (Å²) >= 11 is 0. The van der Waals surface area contributed by atoms with Crippen molar-refractivity contribution < 1.29 is 14.3 Å². The number of rotatable bonds is 14. The van der Waals surface area contributed by atoms with E-state index in [1.165, 1.54) is 24.0 Å². The first-order chi connectivity index (χ1) is 25.9. The Morgan fingerprint density at radius 2 is 1.57 bits per heavy atom. The van der Waals surface area contributed by atoms with Gasteiger partial charge >= 0.3 is 11.9 Å². The summed E-state index contributed by atoms with van der Waals surface area (Å²) in [5, 5.41) is 13.9. The summed E-state index contributed by atoms with van der Waals surface area (Å²) in [5.41, 5.74) is 3.61. The molecule has 4 aromatic rings. The van der Waals surface area contributed by atoms with E-state index in [1.54, 1.807) is 11.9 Å². The number of hydrogen-bond donors (Lipinski definition) is 0. The molecule has 3 aromatic carbocycles. The second-order valence-corrected chi connectivity index (χ2v) is 15.8. The number of carbonyl (C=O) groups excluding carboxylic acids is 1. The number of methoxy groups -OCH3 is 1. The van der Waals surface area contributed by atoms with Gasteiger partial charge < -0.3 is 14.4 Å². The molecule has 2 aliphatic heterocycles. The predicted octanol–water partition coefficient (Wildman–Crippen LogP) is 6.56. The largest absolute Gasteiger partial charge is 0.497 e. The molecule has 7 rings (SSSR count). The summed E-state index contributed by atoms with van der Waals surface area (Å²) in [7, 11) is 3.95. The molecule has 0 spiro atoms. The fraction of sp³-hybridized carbons (Fsp3) is 0.535. The quantitative estimate of drug-likeness (QED) is 0.107. The molecule has 0 bridgehead atoms. The first-order valence-electron chi connectivity index (χ1n) is 19.9. The van der Waals surface area contributed by atoms with Crippen LogP contribution in [-0.4, -0.2) is 101 Å². The van der Waals surface area contributed by atoms with Gasteiger partial charge in [-0.2, -0.15) is 4.80 Å². The number of tetrazole rings is 1. The van der Waals surface area contributed by atoms with E-state index in [1.807, 2.05) is 30.3 Å². The van der Waals surface area contributed by atoms with E-state index in [0.29, 0.717) is 49.4 Å². The maximum absolute atomic E-state index is 13.2. The van der Waals surface area contributed by atoms with Gasteiger partial charge in [0, 0.05) is 63.9 Å². The Bertz CT molecular complexity index is 1730. The van der Waals surface area contributed by atoms with Crippen molar-refractivity contribution in [3.8, 4) is 5.75 Å². The van der Waals surface area contributed by atoms with Crippen LogP contribution in [0.25, 0.3) is 0 Å². The molecular weight excluding hydrogens is 663 g/mol. The van der Waals surface area contributed by atoms with Crippen LogP contribution in [0.5, 0.6) is 5.75 Å². The molecule has 10 nitrogen and oxygen atoms in total. The zero-order chi connectivity index (χ0) is 36.6. The van der Waals surface area contributed by atoms with Gasteiger partial charge in [0.1, 0.15) is 12.4 Å². The molecule has 0 radical (unpaired) electrons. The second kappa shape index (κ2) is 17.3. The Labute approximate surface area is 315 Å². The van der Waals surface area contributed by atoms with Crippen LogP contribution < -0.4 is 9.22 Å². The van der Waals surface area contributed by atoms with Crippen molar-refractivity contribution in [3.05, 3.63) is 102 Å². The molecule has 10 heteroatoms. The summed E-state index contributed by atoms with van der Waals surface area (Å²) in [6.45, 7) is 9.54. The zero-order valence-electron chi connectivity index (χ0n) is 31.9. The molecule has 0 N–H and O–H groups in total. The minimum absolute atomic E-state index is 0.0811. The van der Waals surface area contributed by atoms with Gasteiger partial charge in [0.2, 0.25) is 0 Å². The third kappa shape index (κ3) is 8.99. The van der Waals surface area contributed by atoms with Crippen LogP contribution in [0.3, 0.4) is 0 Å². The van der Waals surface area contributed by atoms with Gasteiger partial charge in [0.05, 0.1) is 33.3 Å². The van der Waals surface area contributed by atoms with Crippen LogP contribution in [-0.2, 0) is 22.7 Å². The summed E-state index contributed by atoms with van der Waals surface area (Å²) < 4.78 is 11.8. The Hall–Kier alpha value is -4.12. The van der Waals surface area contributed by atoms with Crippen molar-refractivity contribution in [1.82, 2.24) is 34.5 Å². The van der Waals surface area contributed by atoms with E-state index in [0.717, 1.165) is 86.7 Å². The topological polar surface area (TPSA) is 85.6 Å². The maximum atomic E-state index is 13.2. The van der Waals surface area contributed by atoms with E-state index in [-0.39, 0.29) is 5.97 Å². The van der Waals surface area contributed by atoms with Crippen LogP contribution in [0.4, 0.5) is 5.95 Å². The van der Waals surface area contributed by atoms with Crippen LogP contribution in [0.1, 0.15) is 74.5 Å². The molecule has 53 heavy (non-hydrogen) atoms. The average molecular weight is 721 g/mol. The Morgan fingerprint density at radius 1 is 0.849 bits per heavy atom. The van der Waals surface area contributed by atoms with E-state index in [2.05, 4.69) is 88.7 Å². The number of piperidine rings is 1. The summed E-state index contributed by atoms with van der Waals surface area (Å²) in [6, 6.07) is 30.1. The SMILES string of the molecule is CC[N+](C)(c1nnn(Cc2ccccc2)n1)C1CCN(C[C@H]2CN([C@@H]3CCCCC3CC(=O)OCc3ccc(OC)cc3)C[C@@H]2c2ccccc2)CC1. The highest BCUT2D eigenvalue weighted by molar-refractivity contribution is 5.69. The van der Waals surface area contributed by atoms with Crippen LogP contribution >= 0.6 is 0 Å². The first-order valence-corrected chi connectivity index (χ1v) is 19.9. The molecule has 2 saturated heterocycles. The van der Waals surface area contributed by atoms with Gasteiger partial charge in [-0.3, -0.25) is 14.2 Å². The molecule has 282 valence electrons. The molecule has 5 atom stereocenters. The monoisotopic (exact) mass is 720 g/mol. The normalized spacial score (nSPS) is 24.1. The molecule has 0 amide bonds. The molecule has 1 aliphatic carbocycles. The van der Waals surface area contributed by atoms with Gasteiger partial charge in [-0.1, -0.05) is 95.8 Å². The minimum atomic E-state index is -0.0811. The number of nitrogens with zero attached hydrogens (tertiary/aromatic N) is 7. The number of likely N-dealkylation sites (tertiary alicyclic amines) is 2. The second-order valence-electron chi connectivity index (χ2n) is 15.8. The number of carbonyl (C=O) groups is 1. The molecule has 1 aromatic heterocycles. The van der Waals surface area contributed by atoms with Crippen LogP contribution in [0.2, 0.25) is 0 Å². The fourth-order valence-electron chi connectivity index (χ4n) is 9.32. The highest BCUT2D eigenvalue weighted by atomic mass is 16.5. The summed E-state index contributed by atoms with van der Waals surface area (Å²) in [4.78, 5) is 20.4. The molecular formula is C43H58N7O3+. The van der Waals surface area contributed by atoms with Gasteiger partial charge in [0.15, 0.2) is 0 Å². The molecule has 3 heterocycles. The van der Waals surface area contributed by atoms with Crippen molar-refractivity contribution >= 4 is 11.9 Å². The van der Waals surface area contributed by atoms with Gasteiger partial charge in [0.25, 0.3) is 0 Å². The zero-order valence-corrected chi connectivity index (χ0v) is 31.9. The molecule has 3 fully saturated rings. The number of aromatic nitrogens is 4. The van der Waals surface area contributed by atoms with Crippen molar-refractivity contribution in [2.45, 2.75) is 83.0 Å². The number of esters is 1. The van der Waals surface area contributed by atoms with Gasteiger partial charge in [-0.25, -0.2) is 0 Å².